The summed E-state index contributed by atoms with van der Waals surface area (Å²) < 4.78 is 14.2. The van der Waals surface area contributed by atoms with Crippen molar-refractivity contribution in [2.45, 2.75) is 59.3 Å². The lowest BCUT2D eigenvalue weighted by atomic mass is 10.2. The zero-order valence-corrected chi connectivity index (χ0v) is 24.5. The summed E-state index contributed by atoms with van der Waals surface area (Å²) in [6.07, 6.45) is 1.97. The molecular weight excluding hydrogens is 542 g/mol. The summed E-state index contributed by atoms with van der Waals surface area (Å²) in [5, 5.41) is 17.5. The molecule has 236 valence electrons. The minimum absolute atomic E-state index is 0.00389. The third kappa shape index (κ3) is 38.8. The highest BCUT2D eigenvalue weighted by Crippen LogP contribution is 2.06. The minimum atomic E-state index is -0.904. The Bertz CT molecular complexity index is 766. The molecule has 0 aromatic rings. The third-order valence-corrected chi connectivity index (χ3v) is 4.75. The maximum absolute atomic E-state index is 11.1. The van der Waals surface area contributed by atoms with Gasteiger partial charge in [0.2, 0.25) is 5.91 Å². The van der Waals surface area contributed by atoms with Crippen molar-refractivity contribution in [2.75, 3.05) is 72.2 Å². The van der Waals surface area contributed by atoms with Crippen LogP contribution in [0, 0.1) is 0 Å². The number of carboxylic acid groups (broad SMARTS) is 1. The topological polar surface area (TPSA) is 255 Å². The molecule has 1 saturated heterocycles. The Morgan fingerprint density at radius 3 is 1.83 bits per heavy atom. The summed E-state index contributed by atoms with van der Waals surface area (Å²) in [5.74, 6) is -1.87. The average Bonchev–Trinajstić information content (AvgIpc) is 2.94. The van der Waals surface area contributed by atoms with Crippen molar-refractivity contribution in [3.8, 4) is 0 Å². The molecule has 0 atom stereocenters. The van der Waals surface area contributed by atoms with Crippen molar-refractivity contribution in [1.82, 2.24) is 10.2 Å². The molecular formula is C24H47N9O8. The number of carbonyl (C=O) groups excluding carboxylic acids is 3. The highest BCUT2D eigenvalue weighted by atomic mass is 16.6. The van der Waals surface area contributed by atoms with Crippen LogP contribution in [0.3, 0.4) is 0 Å². The quantitative estimate of drug-likeness (QED) is 0.0525. The Morgan fingerprint density at radius 1 is 0.951 bits per heavy atom. The Hall–Kier alpha value is -3.46. The Kier molecular flexibility index (Phi) is 35.4. The fourth-order valence-electron chi connectivity index (χ4n) is 2.62. The predicted molar refractivity (Wildman–Crippen MR) is 152 cm³/mol. The smallest absolute Gasteiger partial charge is 0.313 e. The molecule has 1 aliphatic heterocycles. The minimum Gasteiger partial charge on any atom is -0.481 e. The fraction of sp³-hybridized carbons (Fsp3) is 0.833. The number of nitrogens with zero attached hydrogens (tertiary/aromatic N) is 7. The fourth-order valence-corrected chi connectivity index (χ4v) is 2.62. The van der Waals surface area contributed by atoms with Gasteiger partial charge in [-0.1, -0.05) is 31.0 Å². The van der Waals surface area contributed by atoms with E-state index in [-0.39, 0.29) is 37.2 Å². The molecule has 0 unspecified atom stereocenters. The number of nitrogens with one attached hydrogen (secondary N) is 1. The number of nitrogens with two attached hydrogens (primary N) is 1. The van der Waals surface area contributed by atoms with Crippen LogP contribution in [0.25, 0.3) is 20.9 Å². The first-order valence-corrected chi connectivity index (χ1v) is 13.5. The molecule has 0 aliphatic carbocycles. The van der Waals surface area contributed by atoms with E-state index in [0.29, 0.717) is 71.7 Å². The van der Waals surface area contributed by atoms with Gasteiger partial charge >= 0.3 is 17.9 Å². The summed E-state index contributed by atoms with van der Waals surface area (Å²) in [4.78, 5) is 49.3. The largest absolute Gasteiger partial charge is 0.481 e. The van der Waals surface area contributed by atoms with Gasteiger partial charge < -0.3 is 35.3 Å². The van der Waals surface area contributed by atoms with Gasteiger partial charge in [-0.05, 0) is 43.5 Å². The van der Waals surface area contributed by atoms with Crippen LogP contribution in [0.15, 0.2) is 10.2 Å². The zero-order chi connectivity index (χ0) is 31.6. The molecule has 0 saturated carbocycles. The monoisotopic (exact) mass is 589 g/mol. The summed E-state index contributed by atoms with van der Waals surface area (Å²) in [6, 6.07) is 0. The van der Waals surface area contributed by atoms with Gasteiger partial charge in [0, 0.05) is 61.7 Å². The average molecular weight is 590 g/mol. The van der Waals surface area contributed by atoms with E-state index < -0.39 is 5.97 Å². The van der Waals surface area contributed by atoms with E-state index in [0.717, 1.165) is 0 Å². The van der Waals surface area contributed by atoms with Crippen molar-refractivity contribution < 1.29 is 38.5 Å². The van der Waals surface area contributed by atoms with Gasteiger partial charge in [0.1, 0.15) is 0 Å². The second-order valence-corrected chi connectivity index (χ2v) is 7.84. The van der Waals surface area contributed by atoms with Crippen LogP contribution in [0.2, 0.25) is 0 Å². The summed E-state index contributed by atoms with van der Waals surface area (Å²) >= 11 is 0. The van der Waals surface area contributed by atoms with Crippen LogP contribution in [-0.4, -0.2) is 106 Å². The van der Waals surface area contributed by atoms with Crippen molar-refractivity contribution in [3.63, 3.8) is 0 Å². The van der Waals surface area contributed by atoms with Gasteiger partial charge in [0.25, 0.3) is 0 Å². The van der Waals surface area contributed by atoms with Crippen molar-refractivity contribution in [1.29, 1.82) is 0 Å². The van der Waals surface area contributed by atoms with Gasteiger partial charge in [-0.3, -0.25) is 19.2 Å². The molecule has 1 amide bonds. The molecule has 1 heterocycles. The lowest BCUT2D eigenvalue weighted by Gasteiger charge is -2.13. The van der Waals surface area contributed by atoms with E-state index in [2.05, 4.69) is 55.8 Å². The number of rotatable bonds is 18. The maximum atomic E-state index is 11.1. The van der Waals surface area contributed by atoms with Crippen LogP contribution in [-0.2, 0) is 33.4 Å². The van der Waals surface area contributed by atoms with Crippen LogP contribution >= 0.6 is 0 Å². The second kappa shape index (κ2) is 34.6. The molecule has 0 spiro atoms. The van der Waals surface area contributed by atoms with Crippen LogP contribution < -0.4 is 11.1 Å². The lowest BCUT2D eigenvalue weighted by Crippen LogP contribution is -2.27. The lowest BCUT2D eigenvalue weighted by molar-refractivity contribution is -0.163. The summed E-state index contributed by atoms with van der Waals surface area (Å²) in [6.45, 7) is 13.3. The van der Waals surface area contributed by atoms with Crippen LogP contribution in [0.4, 0.5) is 0 Å². The number of esters is 2. The van der Waals surface area contributed by atoms with Crippen molar-refractivity contribution >= 4 is 23.8 Å². The van der Waals surface area contributed by atoms with Gasteiger partial charge in [0.05, 0.1) is 26.4 Å². The molecule has 1 rings (SSSR count). The number of carbonyl (C=O) groups is 4. The van der Waals surface area contributed by atoms with E-state index in [9.17, 15) is 19.2 Å². The van der Waals surface area contributed by atoms with Crippen molar-refractivity contribution in [3.05, 3.63) is 20.9 Å². The number of carboxylic acids is 1. The Labute approximate surface area is 241 Å². The number of amides is 1. The highest BCUT2D eigenvalue weighted by Gasteiger charge is 2.16. The number of ether oxygens (including phenoxy) is 3. The molecule has 41 heavy (non-hydrogen) atoms. The highest BCUT2D eigenvalue weighted by molar-refractivity contribution is 5.87. The first-order valence-electron chi connectivity index (χ1n) is 13.5. The van der Waals surface area contributed by atoms with E-state index in [1.807, 2.05) is 0 Å². The first-order chi connectivity index (χ1) is 19.7. The normalized spacial score (nSPS) is 11.5. The number of hydrogen-bond acceptors (Lipinski definition) is 11. The molecule has 4 N–H and O–H groups in total. The zero-order valence-electron chi connectivity index (χ0n) is 24.5. The summed E-state index contributed by atoms with van der Waals surface area (Å²) in [7, 11) is 0. The first kappa shape index (κ1) is 42.0. The number of cyclic esters (lactones) is 2. The molecule has 0 radical (unpaired) electrons. The number of azide groups is 2. The summed E-state index contributed by atoms with van der Waals surface area (Å²) in [5.41, 5.74) is 20.9. The van der Waals surface area contributed by atoms with Crippen molar-refractivity contribution in [2.24, 2.45) is 16.0 Å². The van der Waals surface area contributed by atoms with E-state index in [4.69, 9.17) is 31.4 Å². The van der Waals surface area contributed by atoms with E-state index in [1.165, 1.54) is 19.6 Å². The van der Waals surface area contributed by atoms with E-state index >= 15 is 0 Å². The van der Waals surface area contributed by atoms with Gasteiger partial charge in [-0.25, -0.2) is 0 Å². The standard InChI is InChI=1S/C9H16N4O4.C6H15N.C5H6O3.C4H10N4O/c10-13-12-5-7-17-6-4-11-8(14)2-1-3-9(15)16;1-4-7(5-2)6-3;6-4-2-1-3-5(7)8-4;5-1-3-9-4-2-7-8-6/h1-7H2,(H,11,14)(H,15,16);4-6H2,1-3H3;1-3H2;1-5H2. The molecule has 0 aromatic heterocycles. The Balaban J connectivity index is -0.000000508. The van der Waals surface area contributed by atoms with Crippen LogP contribution in [0.5, 0.6) is 0 Å². The van der Waals surface area contributed by atoms with E-state index in [1.54, 1.807) is 0 Å². The third-order valence-electron chi connectivity index (χ3n) is 4.75. The molecule has 1 aliphatic rings. The SMILES string of the molecule is CCN(CC)CC.O=C1CCCC(=O)O1.[N-]=[N+]=NCCOCCN.[N-]=[N+]=NCCOCCNC(=O)CCCC(=O)O. The maximum Gasteiger partial charge on any atom is 0.313 e. The second-order valence-electron chi connectivity index (χ2n) is 7.84. The Morgan fingerprint density at radius 2 is 1.46 bits per heavy atom. The molecule has 17 nitrogen and oxygen atoms in total. The molecule has 1 fully saturated rings. The number of hydrogen-bond donors (Lipinski definition) is 3. The predicted octanol–water partition coefficient (Wildman–Crippen LogP) is 2.54. The van der Waals surface area contributed by atoms with Crippen LogP contribution in [0.1, 0.15) is 59.3 Å². The number of aliphatic carboxylic acids is 1. The van der Waals surface area contributed by atoms with Gasteiger partial charge in [-0.15, -0.1) is 0 Å². The van der Waals surface area contributed by atoms with Gasteiger partial charge in [-0.2, -0.15) is 0 Å². The molecule has 0 bridgehead atoms. The van der Waals surface area contributed by atoms with Gasteiger partial charge in [0.15, 0.2) is 0 Å². The molecule has 0 aromatic carbocycles. The molecule has 17 heteroatoms.